The van der Waals surface area contributed by atoms with E-state index in [1.807, 2.05) is 60.7 Å². The SMILES string of the molecule is Cc1oc(-c2ccccc2)nc1Cn1ccn(Cc2ccccc2)c(=O)c1=O. The zero-order valence-electron chi connectivity index (χ0n) is 15.4. The lowest BCUT2D eigenvalue weighted by molar-refractivity contribution is 0.537. The van der Waals surface area contributed by atoms with Gasteiger partial charge in [0, 0.05) is 18.0 Å². The molecule has 0 aliphatic rings. The summed E-state index contributed by atoms with van der Waals surface area (Å²) in [5, 5.41) is 0. The van der Waals surface area contributed by atoms with Gasteiger partial charge in [-0.3, -0.25) is 9.59 Å². The van der Waals surface area contributed by atoms with E-state index in [1.165, 1.54) is 9.13 Å². The molecule has 6 heteroatoms. The number of hydrogen-bond donors (Lipinski definition) is 0. The van der Waals surface area contributed by atoms with Gasteiger partial charge in [-0.15, -0.1) is 0 Å². The number of oxazole rings is 1. The third-order valence-corrected chi connectivity index (χ3v) is 4.56. The van der Waals surface area contributed by atoms with Crippen molar-refractivity contribution in [1.29, 1.82) is 0 Å². The normalized spacial score (nSPS) is 10.9. The highest BCUT2D eigenvalue weighted by Crippen LogP contribution is 2.21. The van der Waals surface area contributed by atoms with Gasteiger partial charge in [-0.25, -0.2) is 4.98 Å². The monoisotopic (exact) mass is 373 g/mol. The molecule has 28 heavy (non-hydrogen) atoms. The van der Waals surface area contributed by atoms with Gasteiger partial charge in [-0.1, -0.05) is 48.5 Å². The van der Waals surface area contributed by atoms with Crippen molar-refractivity contribution in [1.82, 2.24) is 14.1 Å². The van der Waals surface area contributed by atoms with Gasteiger partial charge in [0.05, 0.1) is 13.1 Å². The summed E-state index contributed by atoms with van der Waals surface area (Å²) in [4.78, 5) is 29.5. The smallest absolute Gasteiger partial charge is 0.316 e. The average Bonchev–Trinajstić information content (AvgIpc) is 3.09. The summed E-state index contributed by atoms with van der Waals surface area (Å²) in [7, 11) is 0. The first kappa shape index (κ1) is 17.7. The molecule has 0 bridgehead atoms. The lowest BCUT2D eigenvalue weighted by Gasteiger charge is -2.08. The summed E-state index contributed by atoms with van der Waals surface area (Å²) >= 11 is 0. The van der Waals surface area contributed by atoms with Crippen LogP contribution in [0.1, 0.15) is 17.0 Å². The minimum atomic E-state index is -0.581. The van der Waals surface area contributed by atoms with Crippen molar-refractivity contribution in [2.24, 2.45) is 0 Å². The first-order valence-electron chi connectivity index (χ1n) is 8.97. The molecule has 4 aromatic rings. The van der Waals surface area contributed by atoms with E-state index < -0.39 is 11.1 Å². The molecule has 0 aliphatic heterocycles. The maximum Gasteiger partial charge on any atom is 0.316 e. The second-order valence-electron chi connectivity index (χ2n) is 6.54. The molecule has 0 amide bonds. The zero-order chi connectivity index (χ0) is 19.5. The molecule has 2 aromatic heterocycles. The Kier molecular flexibility index (Phi) is 4.76. The van der Waals surface area contributed by atoms with Crippen molar-refractivity contribution >= 4 is 0 Å². The Balaban J connectivity index is 1.61. The van der Waals surface area contributed by atoms with Crippen molar-refractivity contribution in [3.8, 4) is 11.5 Å². The minimum Gasteiger partial charge on any atom is -0.441 e. The van der Waals surface area contributed by atoms with Gasteiger partial charge >= 0.3 is 11.1 Å². The second-order valence-corrected chi connectivity index (χ2v) is 6.54. The molecular weight excluding hydrogens is 354 g/mol. The number of hydrogen-bond acceptors (Lipinski definition) is 4. The van der Waals surface area contributed by atoms with Crippen molar-refractivity contribution in [2.45, 2.75) is 20.0 Å². The minimum absolute atomic E-state index is 0.183. The Labute approximate surface area is 161 Å². The third-order valence-electron chi connectivity index (χ3n) is 4.56. The van der Waals surface area contributed by atoms with Crippen molar-refractivity contribution < 1.29 is 4.42 Å². The van der Waals surface area contributed by atoms with Crippen LogP contribution in [0.4, 0.5) is 0 Å². The van der Waals surface area contributed by atoms with Crippen LogP contribution < -0.4 is 11.1 Å². The number of aromatic nitrogens is 3. The molecule has 140 valence electrons. The number of aryl methyl sites for hydroxylation is 1. The maximum atomic E-state index is 12.5. The van der Waals surface area contributed by atoms with E-state index in [-0.39, 0.29) is 6.54 Å². The van der Waals surface area contributed by atoms with E-state index in [9.17, 15) is 9.59 Å². The van der Waals surface area contributed by atoms with Crippen LogP contribution in [0.25, 0.3) is 11.5 Å². The Bertz CT molecular complexity index is 1210. The van der Waals surface area contributed by atoms with Gasteiger partial charge in [0.2, 0.25) is 5.89 Å². The first-order valence-corrected chi connectivity index (χ1v) is 8.97. The molecule has 0 fully saturated rings. The van der Waals surface area contributed by atoms with Crippen LogP contribution in [0.15, 0.2) is 87.1 Å². The van der Waals surface area contributed by atoms with E-state index in [2.05, 4.69) is 4.98 Å². The topological polar surface area (TPSA) is 70.0 Å². The molecule has 0 atom stereocenters. The summed E-state index contributed by atoms with van der Waals surface area (Å²) in [6.07, 6.45) is 3.24. The summed E-state index contributed by atoms with van der Waals surface area (Å²) in [5.74, 6) is 1.12. The highest BCUT2D eigenvalue weighted by molar-refractivity contribution is 5.53. The van der Waals surface area contributed by atoms with Crippen molar-refractivity contribution in [3.63, 3.8) is 0 Å². The zero-order valence-corrected chi connectivity index (χ0v) is 15.4. The van der Waals surface area contributed by atoms with Gasteiger partial charge in [0.25, 0.3) is 0 Å². The van der Waals surface area contributed by atoms with Crippen LogP contribution in [-0.2, 0) is 13.1 Å². The van der Waals surface area contributed by atoms with Crippen LogP contribution in [0.5, 0.6) is 0 Å². The lowest BCUT2D eigenvalue weighted by Crippen LogP contribution is -2.41. The Morgan fingerprint density at radius 1 is 0.821 bits per heavy atom. The maximum absolute atomic E-state index is 12.5. The van der Waals surface area contributed by atoms with E-state index in [4.69, 9.17) is 4.42 Å². The van der Waals surface area contributed by atoms with Crippen LogP contribution in [0.3, 0.4) is 0 Å². The number of nitrogens with zero attached hydrogens (tertiary/aromatic N) is 3. The summed E-state index contributed by atoms with van der Waals surface area (Å²) < 4.78 is 8.52. The third kappa shape index (κ3) is 3.57. The van der Waals surface area contributed by atoms with Gasteiger partial charge in [-0.2, -0.15) is 0 Å². The van der Waals surface area contributed by atoms with Crippen LogP contribution in [-0.4, -0.2) is 14.1 Å². The van der Waals surface area contributed by atoms with E-state index in [0.29, 0.717) is 23.9 Å². The lowest BCUT2D eigenvalue weighted by atomic mass is 10.2. The quantitative estimate of drug-likeness (QED) is 0.504. The van der Waals surface area contributed by atoms with Gasteiger partial charge in [-0.05, 0) is 24.6 Å². The second kappa shape index (κ2) is 7.52. The summed E-state index contributed by atoms with van der Waals surface area (Å²) in [6.45, 7) is 2.34. The Hall–Kier alpha value is -3.67. The molecule has 0 unspecified atom stereocenters. The standard InChI is InChI=1S/C22H19N3O3/c1-16-19(23-20(28-16)18-10-6-3-7-11-18)15-25-13-12-24(21(26)22(25)27)14-17-8-4-2-5-9-17/h2-13H,14-15H2,1H3. The molecule has 6 nitrogen and oxygen atoms in total. The van der Waals surface area contributed by atoms with Gasteiger partial charge in [0.1, 0.15) is 11.5 Å². The summed E-state index contributed by atoms with van der Waals surface area (Å²) in [6, 6.07) is 19.1. The van der Waals surface area contributed by atoms with E-state index in [0.717, 1.165) is 11.1 Å². The van der Waals surface area contributed by atoms with Crippen molar-refractivity contribution in [2.75, 3.05) is 0 Å². The fraction of sp³-hybridized carbons (Fsp3) is 0.136. The molecule has 0 N–H and O–H groups in total. The average molecular weight is 373 g/mol. The highest BCUT2D eigenvalue weighted by Gasteiger charge is 2.13. The number of benzene rings is 2. The predicted octanol–water partition coefficient (Wildman–Crippen LogP) is 3.07. The molecule has 0 radical (unpaired) electrons. The Morgan fingerprint density at radius 2 is 1.39 bits per heavy atom. The molecule has 0 aliphatic carbocycles. The molecule has 2 heterocycles. The molecule has 2 aromatic carbocycles. The fourth-order valence-electron chi connectivity index (χ4n) is 3.01. The largest absolute Gasteiger partial charge is 0.441 e. The van der Waals surface area contributed by atoms with Crippen LogP contribution in [0.2, 0.25) is 0 Å². The van der Waals surface area contributed by atoms with E-state index in [1.54, 1.807) is 19.3 Å². The summed E-state index contributed by atoms with van der Waals surface area (Å²) in [5.41, 5.74) is 1.31. The van der Waals surface area contributed by atoms with Crippen LogP contribution in [0, 0.1) is 6.92 Å². The molecule has 0 spiro atoms. The Morgan fingerprint density at radius 3 is 2.04 bits per heavy atom. The fourth-order valence-corrected chi connectivity index (χ4v) is 3.01. The van der Waals surface area contributed by atoms with Crippen LogP contribution >= 0.6 is 0 Å². The molecule has 0 saturated carbocycles. The van der Waals surface area contributed by atoms with E-state index >= 15 is 0 Å². The van der Waals surface area contributed by atoms with Crippen molar-refractivity contribution in [3.05, 3.63) is 111 Å². The first-order chi connectivity index (χ1) is 13.6. The molecule has 0 saturated heterocycles. The predicted molar refractivity (Wildman–Crippen MR) is 106 cm³/mol. The highest BCUT2D eigenvalue weighted by atomic mass is 16.4. The molecular formula is C22H19N3O3. The van der Waals surface area contributed by atoms with Gasteiger partial charge in [0.15, 0.2) is 0 Å². The number of rotatable bonds is 5. The molecule has 4 rings (SSSR count). The van der Waals surface area contributed by atoms with Gasteiger partial charge < -0.3 is 13.6 Å².